The van der Waals surface area contributed by atoms with Crippen LogP contribution >= 0.6 is 15.9 Å². The minimum atomic E-state index is -0.0406. The van der Waals surface area contributed by atoms with Gasteiger partial charge in [-0.15, -0.1) is 0 Å². The van der Waals surface area contributed by atoms with Crippen LogP contribution in [0.4, 0.5) is 0 Å². The van der Waals surface area contributed by atoms with Crippen LogP contribution in [0, 0.1) is 0 Å². The molecule has 1 heterocycles. The zero-order chi connectivity index (χ0) is 15.0. The third-order valence-electron chi connectivity index (χ3n) is 4.23. The Morgan fingerprint density at radius 2 is 1.90 bits per heavy atom. The highest BCUT2D eigenvalue weighted by atomic mass is 79.9. The number of fused-ring (bicyclic) bond motifs is 1. The second-order valence-corrected chi connectivity index (χ2v) is 6.44. The van der Waals surface area contributed by atoms with Crippen LogP contribution in [0.15, 0.2) is 40.9 Å². The van der Waals surface area contributed by atoms with Gasteiger partial charge in [0, 0.05) is 17.1 Å². The molecule has 0 aliphatic carbocycles. The fourth-order valence-electron chi connectivity index (χ4n) is 2.99. The van der Waals surface area contributed by atoms with Crippen LogP contribution in [-0.4, -0.2) is 28.7 Å². The van der Waals surface area contributed by atoms with Gasteiger partial charge in [-0.3, -0.25) is 4.90 Å². The molecule has 0 saturated heterocycles. The summed E-state index contributed by atoms with van der Waals surface area (Å²) in [5.74, 6) is -0.0703. The molecule has 0 amide bonds. The average Bonchev–Trinajstić information content (AvgIpc) is 2.46. The van der Waals surface area contributed by atoms with Gasteiger partial charge in [0.2, 0.25) is 0 Å². The van der Waals surface area contributed by atoms with E-state index < -0.39 is 0 Å². The number of phenols is 2. The molecule has 0 saturated carbocycles. The lowest BCUT2D eigenvalue weighted by Crippen LogP contribution is -2.33. The highest BCUT2D eigenvalue weighted by molar-refractivity contribution is 9.10. The van der Waals surface area contributed by atoms with Gasteiger partial charge < -0.3 is 10.2 Å². The van der Waals surface area contributed by atoms with E-state index in [-0.39, 0.29) is 17.5 Å². The van der Waals surface area contributed by atoms with Gasteiger partial charge in [-0.2, -0.15) is 0 Å². The maximum Gasteiger partial charge on any atom is 0.157 e. The number of halogens is 1. The lowest BCUT2D eigenvalue weighted by atomic mass is 9.88. The van der Waals surface area contributed by atoms with Crippen molar-refractivity contribution >= 4 is 15.9 Å². The van der Waals surface area contributed by atoms with Crippen molar-refractivity contribution in [2.45, 2.75) is 18.9 Å². The summed E-state index contributed by atoms with van der Waals surface area (Å²) < 4.78 is 1.11. The Balaban J connectivity index is 1.99. The highest BCUT2D eigenvalue weighted by Crippen LogP contribution is 2.38. The van der Waals surface area contributed by atoms with Crippen LogP contribution in [0.25, 0.3) is 0 Å². The number of phenolic OH excluding ortho intramolecular Hbond substituents is 2. The molecular weight excluding hydrogens is 330 g/mol. The molecule has 110 valence electrons. The number of benzene rings is 2. The van der Waals surface area contributed by atoms with Crippen LogP contribution in [0.3, 0.4) is 0 Å². The summed E-state index contributed by atoms with van der Waals surface area (Å²) in [4.78, 5) is 2.30. The molecule has 0 aromatic heterocycles. The normalized spacial score (nSPS) is 18.5. The van der Waals surface area contributed by atoms with Crippen molar-refractivity contribution in [3.63, 3.8) is 0 Å². The van der Waals surface area contributed by atoms with E-state index in [0.717, 1.165) is 35.0 Å². The van der Waals surface area contributed by atoms with E-state index >= 15 is 0 Å². The van der Waals surface area contributed by atoms with Crippen molar-refractivity contribution in [3.05, 3.63) is 57.6 Å². The number of hydrogen-bond donors (Lipinski definition) is 2. The molecule has 3 nitrogen and oxygen atoms in total. The third-order valence-corrected chi connectivity index (χ3v) is 5.01. The van der Waals surface area contributed by atoms with E-state index in [4.69, 9.17) is 0 Å². The summed E-state index contributed by atoms with van der Waals surface area (Å²) in [5.41, 5.74) is 3.48. The molecule has 0 fully saturated rings. The van der Waals surface area contributed by atoms with Gasteiger partial charge in [-0.1, -0.05) is 34.1 Å². The Morgan fingerprint density at radius 1 is 1.19 bits per heavy atom. The monoisotopic (exact) mass is 347 g/mol. The van der Waals surface area contributed by atoms with Gasteiger partial charge in [0.1, 0.15) is 0 Å². The van der Waals surface area contributed by atoms with Crippen molar-refractivity contribution in [1.29, 1.82) is 0 Å². The summed E-state index contributed by atoms with van der Waals surface area (Å²) in [6, 6.07) is 11.8. The predicted molar refractivity (Wildman–Crippen MR) is 86.7 cm³/mol. The van der Waals surface area contributed by atoms with Crippen molar-refractivity contribution < 1.29 is 10.2 Å². The molecule has 21 heavy (non-hydrogen) atoms. The molecule has 1 aliphatic rings. The zero-order valence-corrected chi connectivity index (χ0v) is 13.5. The fraction of sp³-hybridized carbons (Fsp3) is 0.294. The lowest BCUT2D eigenvalue weighted by molar-refractivity contribution is 0.228. The van der Waals surface area contributed by atoms with Crippen molar-refractivity contribution in [2.24, 2.45) is 0 Å². The molecule has 0 radical (unpaired) electrons. The van der Waals surface area contributed by atoms with E-state index in [2.05, 4.69) is 33.9 Å². The summed E-state index contributed by atoms with van der Waals surface area (Å²) in [6.45, 7) is 0.951. The van der Waals surface area contributed by atoms with Crippen LogP contribution in [0.1, 0.15) is 22.7 Å². The number of nitrogens with zero attached hydrogens (tertiary/aromatic N) is 1. The molecule has 0 spiro atoms. The second kappa shape index (κ2) is 5.70. The van der Waals surface area contributed by atoms with Crippen LogP contribution in [0.5, 0.6) is 11.5 Å². The fourth-order valence-corrected chi connectivity index (χ4v) is 3.44. The van der Waals surface area contributed by atoms with E-state index in [1.165, 1.54) is 5.56 Å². The summed E-state index contributed by atoms with van der Waals surface area (Å²) in [7, 11) is 2.11. The standard InChI is InChI=1S/C17H18BrNO2/c1-19-7-6-11-9-16(20)17(21)10-13(11)15(19)8-12-4-2-3-5-14(12)18/h2-5,9-10,15,20-21H,6-8H2,1H3. The Bertz CT molecular complexity index is 672. The van der Waals surface area contributed by atoms with Crippen molar-refractivity contribution in [3.8, 4) is 11.5 Å². The van der Waals surface area contributed by atoms with Gasteiger partial charge in [0.05, 0.1) is 0 Å². The number of aromatic hydroxyl groups is 2. The Morgan fingerprint density at radius 3 is 2.67 bits per heavy atom. The molecule has 1 atom stereocenters. The van der Waals surface area contributed by atoms with E-state index in [1.807, 2.05) is 18.2 Å². The number of hydrogen-bond acceptors (Lipinski definition) is 3. The minimum absolute atomic E-state index is 0.0297. The molecule has 3 rings (SSSR count). The number of rotatable bonds is 2. The summed E-state index contributed by atoms with van der Waals surface area (Å²) in [5, 5.41) is 19.5. The van der Waals surface area contributed by atoms with Gasteiger partial charge in [0.25, 0.3) is 0 Å². The maximum atomic E-state index is 9.82. The molecule has 2 aromatic rings. The van der Waals surface area contributed by atoms with Crippen LogP contribution in [0.2, 0.25) is 0 Å². The summed E-state index contributed by atoms with van der Waals surface area (Å²) in [6.07, 6.45) is 1.77. The van der Waals surface area contributed by atoms with Crippen LogP contribution < -0.4 is 0 Å². The van der Waals surface area contributed by atoms with Gasteiger partial charge in [-0.05, 0) is 54.8 Å². The topological polar surface area (TPSA) is 43.7 Å². The van der Waals surface area contributed by atoms with Crippen molar-refractivity contribution in [1.82, 2.24) is 4.90 Å². The zero-order valence-electron chi connectivity index (χ0n) is 11.9. The molecule has 1 aliphatic heterocycles. The van der Waals surface area contributed by atoms with Gasteiger partial charge in [-0.25, -0.2) is 0 Å². The first-order valence-corrected chi connectivity index (χ1v) is 7.84. The molecule has 1 unspecified atom stereocenters. The first kappa shape index (κ1) is 14.4. The maximum absolute atomic E-state index is 9.82. The van der Waals surface area contributed by atoms with Gasteiger partial charge in [0.15, 0.2) is 11.5 Å². The predicted octanol–water partition coefficient (Wildman–Crippen LogP) is 3.63. The Hall–Kier alpha value is -1.52. The van der Waals surface area contributed by atoms with E-state index in [9.17, 15) is 10.2 Å². The molecule has 4 heteroatoms. The number of likely N-dealkylation sites (N-methyl/N-ethyl adjacent to an activating group) is 1. The Labute approximate surface area is 133 Å². The van der Waals surface area contributed by atoms with Gasteiger partial charge >= 0.3 is 0 Å². The molecule has 2 aromatic carbocycles. The van der Waals surface area contributed by atoms with E-state index in [0.29, 0.717) is 0 Å². The quantitative estimate of drug-likeness (QED) is 0.815. The van der Waals surface area contributed by atoms with Crippen molar-refractivity contribution in [2.75, 3.05) is 13.6 Å². The third kappa shape index (κ3) is 2.78. The largest absolute Gasteiger partial charge is 0.504 e. The minimum Gasteiger partial charge on any atom is -0.504 e. The summed E-state index contributed by atoms with van der Waals surface area (Å²) >= 11 is 3.60. The molecule has 2 N–H and O–H groups in total. The Kier molecular flexibility index (Phi) is 3.91. The lowest BCUT2D eigenvalue weighted by Gasteiger charge is -2.35. The average molecular weight is 348 g/mol. The first-order chi connectivity index (χ1) is 10.1. The molecular formula is C17H18BrNO2. The smallest absolute Gasteiger partial charge is 0.157 e. The first-order valence-electron chi connectivity index (χ1n) is 7.04. The molecule has 0 bridgehead atoms. The van der Waals surface area contributed by atoms with Crippen LogP contribution in [-0.2, 0) is 12.8 Å². The second-order valence-electron chi connectivity index (χ2n) is 5.58. The van der Waals surface area contributed by atoms with E-state index in [1.54, 1.807) is 12.1 Å². The SMILES string of the molecule is CN1CCc2cc(O)c(O)cc2C1Cc1ccccc1Br. The highest BCUT2D eigenvalue weighted by Gasteiger charge is 2.26.